The van der Waals surface area contributed by atoms with Crippen LogP contribution in [-0.2, 0) is 4.79 Å². The molecule has 0 bridgehead atoms. The van der Waals surface area contributed by atoms with Crippen LogP contribution in [-0.4, -0.2) is 25.3 Å². The van der Waals surface area contributed by atoms with E-state index in [0.717, 1.165) is 0 Å². The molecule has 17 heavy (non-hydrogen) atoms. The smallest absolute Gasteiger partial charge is 0.325 e. The van der Waals surface area contributed by atoms with Gasteiger partial charge in [0.25, 0.3) is 0 Å². The van der Waals surface area contributed by atoms with E-state index in [1.165, 1.54) is 14.2 Å². The van der Waals surface area contributed by atoms with Crippen molar-refractivity contribution in [1.29, 1.82) is 0 Å². The summed E-state index contributed by atoms with van der Waals surface area (Å²) in [6.45, 7) is 1.74. The van der Waals surface area contributed by atoms with Gasteiger partial charge in [0.2, 0.25) is 0 Å². The van der Waals surface area contributed by atoms with Crippen molar-refractivity contribution in [3.8, 4) is 11.5 Å². The Morgan fingerprint density at radius 2 is 1.94 bits per heavy atom. The van der Waals surface area contributed by atoms with Crippen LogP contribution in [0.1, 0.15) is 17.2 Å². The van der Waals surface area contributed by atoms with Gasteiger partial charge in [0.1, 0.15) is 6.04 Å². The predicted molar refractivity (Wildman–Crippen MR) is 66.5 cm³/mol. The highest BCUT2D eigenvalue weighted by atomic mass is 79.9. The molecule has 94 valence electrons. The zero-order valence-corrected chi connectivity index (χ0v) is 11.4. The molecule has 0 fully saturated rings. The molecule has 1 atom stereocenters. The van der Waals surface area contributed by atoms with Crippen molar-refractivity contribution in [3.05, 3.63) is 21.7 Å². The van der Waals surface area contributed by atoms with Crippen LogP contribution in [0.5, 0.6) is 11.5 Å². The highest BCUT2D eigenvalue weighted by Crippen LogP contribution is 2.41. The fourth-order valence-electron chi connectivity index (χ4n) is 1.61. The third kappa shape index (κ3) is 2.53. The van der Waals surface area contributed by atoms with Crippen molar-refractivity contribution in [2.75, 3.05) is 14.2 Å². The summed E-state index contributed by atoms with van der Waals surface area (Å²) in [6.07, 6.45) is 0. The summed E-state index contributed by atoms with van der Waals surface area (Å²) in [6, 6.07) is 0.543. The Labute approximate surface area is 108 Å². The molecule has 5 nitrogen and oxygen atoms in total. The molecule has 0 amide bonds. The van der Waals surface area contributed by atoms with Crippen LogP contribution in [0.15, 0.2) is 10.5 Å². The van der Waals surface area contributed by atoms with Gasteiger partial charge in [-0.1, -0.05) is 0 Å². The number of benzene rings is 1. The third-order valence-electron chi connectivity index (χ3n) is 2.49. The van der Waals surface area contributed by atoms with Gasteiger partial charge < -0.3 is 20.3 Å². The van der Waals surface area contributed by atoms with E-state index in [9.17, 15) is 4.79 Å². The lowest BCUT2D eigenvalue weighted by Gasteiger charge is -2.18. The van der Waals surface area contributed by atoms with Crippen molar-refractivity contribution < 1.29 is 19.4 Å². The van der Waals surface area contributed by atoms with Gasteiger partial charge in [-0.05, 0) is 34.5 Å². The molecule has 0 aromatic heterocycles. The summed E-state index contributed by atoms with van der Waals surface area (Å²) in [7, 11) is 3.01. The largest absolute Gasteiger partial charge is 0.493 e. The molecule has 3 N–H and O–H groups in total. The Kier molecular flexibility index (Phi) is 4.36. The molecule has 0 saturated carbocycles. The van der Waals surface area contributed by atoms with Gasteiger partial charge in [0.15, 0.2) is 11.5 Å². The second-order valence-electron chi connectivity index (χ2n) is 3.46. The van der Waals surface area contributed by atoms with Crippen molar-refractivity contribution in [1.82, 2.24) is 0 Å². The van der Waals surface area contributed by atoms with E-state index in [-0.39, 0.29) is 0 Å². The maximum absolute atomic E-state index is 10.9. The maximum Gasteiger partial charge on any atom is 0.325 e. The van der Waals surface area contributed by atoms with Crippen molar-refractivity contribution in [3.63, 3.8) is 0 Å². The first-order valence-corrected chi connectivity index (χ1v) is 5.62. The summed E-state index contributed by atoms with van der Waals surface area (Å²) >= 11 is 3.30. The fraction of sp³-hybridized carbons (Fsp3) is 0.364. The molecule has 0 saturated heterocycles. The van der Waals surface area contributed by atoms with Gasteiger partial charge >= 0.3 is 5.97 Å². The summed E-state index contributed by atoms with van der Waals surface area (Å²) in [4.78, 5) is 10.9. The first-order chi connectivity index (χ1) is 7.93. The van der Waals surface area contributed by atoms with E-state index >= 15 is 0 Å². The first-order valence-electron chi connectivity index (χ1n) is 4.83. The van der Waals surface area contributed by atoms with Crippen LogP contribution in [0, 0.1) is 6.92 Å². The maximum atomic E-state index is 10.9. The summed E-state index contributed by atoms with van der Waals surface area (Å²) < 4.78 is 11.0. The molecule has 0 aliphatic heterocycles. The predicted octanol–water partition coefficient (Wildman–Crippen LogP) is 1.86. The van der Waals surface area contributed by atoms with Crippen molar-refractivity contribution >= 4 is 21.9 Å². The molecule has 0 aliphatic rings. The molecule has 0 aliphatic carbocycles. The standard InChI is InChI=1S/C11H14BrNO4/c1-5-6(8(13)11(14)15)4-7(12)10(17-3)9(5)16-2/h4,8H,13H2,1-3H3,(H,14,15). The summed E-state index contributed by atoms with van der Waals surface area (Å²) in [5.74, 6) is -0.0906. The molecule has 6 heteroatoms. The molecule has 0 spiro atoms. The number of ether oxygens (including phenoxy) is 2. The number of rotatable bonds is 4. The molecule has 1 unspecified atom stereocenters. The van der Waals surface area contributed by atoms with Gasteiger partial charge in [-0.25, -0.2) is 0 Å². The third-order valence-corrected chi connectivity index (χ3v) is 3.08. The molecule has 0 heterocycles. The van der Waals surface area contributed by atoms with E-state index in [2.05, 4.69) is 15.9 Å². The second-order valence-corrected chi connectivity index (χ2v) is 4.31. The van der Waals surface area contributed by atoms with Gasteiger partial charge in [0.05, 0.1) is 18.7 Å². The Morgan fingerprint density at radius 1 is 1.41 bits per heavy atom. The van der Waals surface area contributed by atoms with E-state index in [0.29, 0.717) is 27.1 Å². The number of carbonyl (C=O) groups is 1. The fourth-order valence-corrected chi connectivity index (χ4v) is 2.20. The SMILES string of the molecule is COc1c(Br)cc(C(N)C(=O)O)c(C)c1OC. The second kappa shape index (κ2) is 5.37. The van der Waals surface area contributed by atoms with E-state index in [1.807, 2.05) is 0 Å². The summed E-state index contributed by atoms with van der Waals surface area (Å²) in [5, 5.41) is 8.93. The molecule has 1 aromatic carbocycles. The molecule has 1 rings (SSSR count). The number of hydrogen-bond acceptors (Lipinski definition) is 4. The molecular formula is C11H14BrNO4. The van der Waals surface area contributed by atoms with E-state index < -0.39 is 12.0 Å². The van der Waals surface area contributed by atoms with Crippen LogP contribution in [0.25, 0.3) is 0 Å². The van der Waals surface area contributed by atoms with Crippen LogP contribution < -0.4 is 15.2 Å². The minimum Gasteiger partial charge on any atom is -0.493 e. The Bertz CT molecular complexity index is 448. The molecule has 0 radical (unpaired) electrons. The van der Waals surface area contributed by atoms with Gasteiger partial charge in [-0.15, -0.1) is 0 Å². The number of carboxylic acid groups (broad SMARTS) is 1. The number of nitrogens with two attached hydrogens (primary N) is 1. The van der Waals surface area contributed by atoms with Crippen LogP contribution >= 0.6 is 15.9 Å². The van der Waals surface area contributed by atoms with Gasteiger partial charge in [-0.3, -0.25) is 4.79 Å². The zero-order valence-electron chi connectivity index (χ0n) is 9.78. The Hall–Kier alpha value is -1.27. The topological polar surface area (TPSA) is 81.8 Å². The number of hydrogen-bond donors (Lipinski definition) is 2. The molecule has 1 aromatic rings. The first kappa shape index (κ1) is 13.8. The number of aliphatic carboxylic acids is 1. The van der Waals surface area contributed by atoms with Gasteiger partial charge in [0, 0.05) is 5.56 Å². The minimum absolute atomic E-state index is 0.480. The normalized spacial score (nSPS) is 12.1. The van der Waals surface area contributed by atoms with Crippen LogP contribution in [0.4, 0.5) is 0 Å². The van der Waals surface area contributed by atoms with Crippen LogP contribution in [0.2, 0.25) is 0 Å². The molecular weight excluding hydrogens is 290 g/mol. The van der Waals surface area contributed by atoms with E-state index in [4.69, 9.17) is 20.3 Å². The number of halogens is 1. The lowest BCUT2D eigenvalue weighted by atomic mass is 10.0. The monoisotopic (exact) mass is 303 g/mol. The lowest BCUT2D eigenvalue weighted by molar-refractivity contribution is -0.138. The highest BCUT2D eigenvalue weighted by molar-refractivity contribution is 9.10. The van der Waals surface area contributed by atoms with Crippen molar-refractivity contribution in [2.24, 2.45) is 5.73 Å². The van der Waals surface area contributed by atoms with Crippen molar-refractivity contribution in [2.45, 2.75) is 13.0 Å². The quantitative estimate of drug-likeness (QED) is 0.887. The van der Waals surface area contributed by atoms with Gasteiger partial charge in [-0.2, -0.15) is 0 Å². The van der Waals surface area contributed by atoms with E-state index in [1.54, 1.807) is 13.0 Å². The Morgan fingerprint density at radius 3 is 2.35 bits per heavy atom. The lowest BCUT2D eigenvalue weighted by Crippen LogP contribution is -2.22. The number of methoxy groups -OCH3 is 2. The Balaban J connectivity index is 3.45. The average Bonchev–Trinajstić information content (AvgIpc) is 2.29. The zero-order chi connectivity index (χ0) is 13.2. The van der Waals surface area contributed by atoms with Crippen LogP contribution in [0.3, 0.4) is 0 Å². The average molecular weight is 304 g/mol. The number of carboxylic acids is 1. The highest BCUT2D eigenvalue weighted by Gasteiger charge is 2.23. The summed E-state index contributed by atoms with van der Waals surface area (Å²) in [5.41, 5.74) is 6.75. The minimum atomic E-state index is -1.09.